The molecule has 8 heteroatoms. The highest BCUT2D eigenvalue weighted by atomic mass is 16.6. The van der Waals surface area contributed by atoms with Gasteiger partial charge in [0.1, 0.15) is 29.6 Å². The van der Waals surface area contributed by atoms with Crippen LogP contribution in [0.2, 0.25) is 0 Å². The van der Waals surface area contributed by atoms with E-state index in [-0.39, 0.29) is 35.8 Å². The van der Waals surface area contributed by atoms with Gasteiger partial charge >= 0.3 is 11.9 Å². The second kappa shape index (κ2) is 51.2. The van der Waals surface area contributed by atoms with Crippen LogP contribution in [0.1, 0.15) is 351 Å². The normalized spacial score (nSPS) is 21.4. The highest BCUT2D eigenvalue weighted by molar-refractivity contribution is 5.85. The average Bonchev–Trinajstić information content (AvgIpc) is 4.32. The van der Waals surface area contributed by atoms with E-state index in [0.717, 1.165) is 102 Å². The Morgan fingerprint density at radius 1 is 0.457 bits per heavy atom. The molecular formula is C73H128O8. The number of cyclic esters (lactones) is 2. The van der Waals surface area contributed by atoms with Gasteiger partial charge in [-0.2, -0.15) is 0 Å². The maximum Gasteiger partial charge on any atom is 0.306 e. The van der Waals surface area contributed by atoms with Crippen LogP contribution in [0, 0.1) is 17.8 Å². The molecule has 0 radical (unpaired) electrons. The van der Waals surface area contributed by atoms with Crippen molar-refractivity contribution in [3.63, 3.8) is 0 Å². The van der Waals surface area contributed by atoms with Gasteiger partial charge in [-0.25, -0.2) is 0 Å². The van der Waals surface area contributed by atoms with E-state index in [4.69, 9.17) is 14.2 Å². The van der Waals surface area contributed by atoms with Crippen LogP contribution in [0.3, 0.4) is 0 Å². The zero-order valence-corrected chi connectivity index (χ0v) is 54.5. The largest absolute Gasteiger partial charge is 0.495 e. The van der Waals surface area contributed by atoms with Gasteiger partial charge in [-0.15, -0.1) is 0 Å². The molecule has 0 N–H and O–H groups in total. The van der Waals surface area contributed by atoms with Crippen LogP contribution in [0.25, 0.3) is 0 Å². The highest BCUT2D eigenvalue weighted by Crippen LogP contribution is 2.35. The standard InChI is InChI=1S/C20H32O.C15H28O.C13H22O2.C13H24O2.C12H22O2/c1-16(2)8-5-9-17(3)10-6-11-18(4)14-15-19-12-7-13-20(19)21;1-3-4-5-6-7-8-9-10-11-15-13-12-14(2)16-15;1-3-4-5-6-12-11(9-10(2)14)7-8-13(12)15;1-2-3-4-5-6-7-8-9-12-10-11-13(14)15-12;1-2-3-4-5-6-7-8-11-9-10-12(13)14-11/h8,10,14,19H,5-7,9,11-13,15H2,1-4H3;15H,2-13H2,1H3;11-12H,3-9H2,1-2H3;12H,2-11H2,1H3;11H,2-10H2,1H3/b17-10+,18-14+;;;;. The zero-order valence-electron chi connectivity index (χ0n) is 54.5. The molecule has 3 aliphatic heterocycles. The Bertz CT molecular complexity index is 1750. The van der Waals surface area contributed by atoms with E-state index in [1.807, 2.05) is 0 Å². The number of ether oxygens (including phenoxy) is 3. The van der Waals surface area contributed by atoms with Crippen molar-refractivity contribution < 1.29 is 38.2 Å². The molecule has 8 nitrogen and oxygen atoms in total. The average molecular weight is 1130 g/mol. The Labute approximate surface area is 499 Å². The number of unbranched alkanes of at least 4 members (excludes halogenated alkanes) is 20. The van der Waals surface area contributed by atoms with Crippen LogP contribution in [0.5, 0.6) is 0 Å². The first-order valence-corrected chi connectivity index (χ1v) is 34.3. The summed E-state index contributed by atoms with van der Waals surface area (Å²) in [5.41, 5.74) is 4.33. The fourth-order valence-electron chi connectivity index (χ4n) is 11.9. The maximum atomic E-state index is 11.6. The lowest BCUT2D eigenvalue weighted by atomic mass is 9.87. The predicted molar refractivity (Wildman–Crippen MR) is 342 cm³/mol. The molecular weight excluding hydrogens is 1000 g/mol. The number of carbonyl (C=O) groups excluding carboxylic acids is 5. The fraction of sp³-hybridized carbons (Fsp3) is 0.822. The van der Waals surface area contributed by atoms with Gasteiger partial charge in [0.05, 0.1) is 11.9 Å². The number of carbonyl (C=O) groups is 5. The molecule has 5 aliphatic rings. The van der Waals surface area contributed by atoms with Gasteiger partial charge in [0.15, 0.2) is 0 Å². The quantitative estimate of drug-likeness (QED) is 0.0341. The SMILES string of the molecule is C=C1CCC(CCCCCCCCCC)O1.CC(C)=CCC/C(C)=C/CC/C(C)=C/CC1CCCC1=O.CCCCCC1C(=O)CCC1CC(C)=O.CCCCCCCCC1CCC(=O)O1.CCCCCCCCCC1CCC(=O)O1. The Hall–Kier alpha value is -3.29. The number of allylic oxidation sites excluding steroid dienone is 7. The molecule has 5 fully saturated rings. The van der Waals surface area contributed by atoms with E-state index in [1.165, 1.54) is 184 Å². The first kappa shape index (κ1) is 75.7. The molecule has 6 atom stereocenters. The highest BCUT2D eigenvalue weighted by Gasteiger charge is 2.34. The summed E-state index contributed by atoms with van der Waals surface area (Å²) in [5, 5.41) is 0. The van der Waals surface area contributed by atoms with Crippen LogP contribution in [0.4, 0.5) is 0 Å². The Kier molecular flexibility index (Phi) is 47.8. The van der Waals surface area contributed by atoms with Gasteiger partial charge in [0.2, 0.25) is 0 Å². The van der Waals surface area contributed by atoms with Crippen LogP contribution in [-0.2, 0) is 38.2 Å². The number of hydrogen-bond acceptors (Lipinski definition) is 8. The first-order valence-electron chi connectivity index (χ1n) is 34.3. The smallest absolute Gasteiger partial charge is 0.306 e. The van der Waals surface area contributed by atoms with Crippen molar-refractivity contribution in [3.8, 4) is 0 Å². The van der Waals surface area contributed by atoms with E-state index < -0.39 is 0 Å². The minimum absolute atomic E-state index is 0.000910. The summed E-state index contributed by atoms with van der Waals surface area (Å²) >= 11 is 0. The van der Waals surface area contributed by atoms with Crippen molar-refractivity contribution in [2.45, 2.75) is 370 Å². The lowest BCUT2D eigenvalue weighted by molar-refractivity contribution is -0.142. The number of esters is 2. The minimum Gasteiger partial charge on any atom is -0.495 e. The summed E-state index contributed by atoms with van der Waals surface area (Å²) < 4.78 is 15.9. The van der Waals surface area contributed by atoms with E-state index in [2.05, 4.69) is 80.2 Å². The molecule has 0 aromatic carbocycles. The van der Waals surface area contributed by atoms with E-state index in [1.54, 1.807) is 6.92 Å². The van der Waals surface area contributed by atoms with Gasteiger partial charge in [-0.05, 0) is 156 Å². The monoisotopic (exact) mass is 1130 g/mol. The topological polar surface area (TPSA) is 113 Å². The molecule has 0 spiro atoms. The van der Waals surface area contributed by atoms with Crippen LogP contribution < -0.4 is 0 Å². The maximum absolute atomic E-state index is 11.6. The van der Waals surface area contributed by atoms with Gasteiger partial charge in [-0.1, -0.05) is 204 Å². The third-order valence-electron chi connectivity index (χ3n) is 17.1. The Balaban J connectivity index is 0.000000510. The second-order valence-electron chi connectivity index (χ2n) is 25.4. The van der Waals surface area contributed by atoms with Crippen molar-refractivity contribution in [2.75, 3.05) is 0 Å². The number of ketones is 3. The molecule has 5 rings (SSSR count). The van der Waals surface area contributed by atoms with Crippen LogP contribution in [0.15, 0.2) is 47.3 Å². The molecule has 81 heavy (non-hydrogen) atoms. The first-order chi connectivity index (χ1) is 39.1. The number of hydrogen-bond donors (Lipinski definition) is 0. The van der Waals surface area contributed by atoms with Crippen molar-refractivity contribution in [2.24, 2.45) is 17.8 Å². The fourth-order valence-corrected chi connectivity index (χ4v) is 11.9. The van der Waals surface area contributed by atoms with Crippen LogP contribution >= 0.6 is 0 Å². The summed E-state index contributed by atoms with van der Waals surface area (Å²) in [5.74, 6) is 2.99. The number of rotatable bonds is 38. The van der Waals surface area contributed by atoms with Gasteiger partial charge < -0.3 is 19.0 Å². The lowest BCUT2D eigenvalue weighted by Gasteiger charge is -2.16. The third-order valence-corrected chi connectivity index (χ3v) is 17.1. The summed E-state index contributed by atoms with van der Waals surface area (Å²) in [6, 6.07) is 0. The van der Waals surface area contributed by atoms with Gasteiger partial charge in [0.25, 0.3) is 0 Å². The minimum atomic E-state index is 0.000910. The molecule has 2 saturated carbocycles. The van der Waals surface area contributed by atoms with Crippen LogP contribution in [-0.4, -0.2) is 47.6 Å². The molecule has 0 bridgehead atoms. The Morgan fingerprint density at radius 3 is 1.28 bits per heavy atom. The summed E-state index contributed by atoms with van der Waals surface area (Å²) in [7, 11) is 0. The van der Waals surface area contributed by atoms with Gasteiger partial charge in [-0.3, -0.25) is 19.2 Å². The molecule has 2 aliphatic carbocycles. The summed E-state index contributed by atoms with van der Waals surface area (Å²) in [6.07, 6.45) is 60.6. The predicted octanol–water partition coefficient (Wildman–Crippen LogP) is 21.8. The van der Waals surface area contributed by atoms with Crippen molar-refractivity contribution >= 4 is 29.3 Å². The molecule has 0 aromatic heterocycles. The molecule has 0 aromatic rings. The van der Waals surface area contributed by atoms with Crippen molar-refractivity contribution in [1.82, 2.24) is 0 Å². The molecule has 3 saturated heterocycles. The molecule has 3 heterocycles. The Morgan fingerprint density at radius 2 is 0.877 bits per heavy atom. The summed E-state index contributed by atoms with van der Waals surface area (Å²) in [6.45, 7) is 23.2. The second-order valence-corrected chi connectivity index (χ2v) is 25.4. The third kappa shape index (κ3) is 43.1. The molecule has 0 amide bonds. The summed E-state index contributed by atoms with van der Waals surface area (Å²) in [4.78, 5) is 56.0. The van der Waals surface area contributed by atoms with Crippen molar-refractivity contribution in [3.05, 3.63) is 47.3 Å². The molecule has 468 valence electrons. The number of Topliss-reactive ketones (excluding diaryl/α,β-unsaturated/α-hetero) is 3. The van der Waals surface area contributed by atoms with E-state index in [9.17, 15) is 24.0 Å². The zero-order chi connectivity index (χ0) is 59.7. The van der Waals surface area contributed by atoms with E-state index >= 15 is 0 Å². The van der Waals surface area contributed by atoms with Gasteiger partial charge in [0, 0.05) is 50.4 Å². The van der Waals surface area contributed by atoms with Crippen molar-refractivity contribution in [1.29, 1.82) is 0 Å². The lowest BCUT2D eigenvalue weighted by Crippen LogP contribution is -2.17. The molecule has 6 unspecified atom stereocenters. The van der Waals surface area contributed by atoms with E-state index in [0.29, 0.717) is 55.2 Å².